The standard InChI is InChI=1S/C21H23NO7S/c1-3-27-20(23)13-18(29-30(25,26)19-11-9-16(2)10-12-19)14-22-21(24)28-15-17-7-5-4-6-8-17/h4-13H,3,14-15H2,1-2H3,(H,22,24)/b18-13-. The average molecular weight is 433 g/mol. The number of rotatable bonds is 9. The van der Waals surface area contributed by atoms with Gasteiger partial charge in [0.2, 0.25) is 0 Å². The van der Waals surface area contributed by atoms with Crippen molar-refractivity contribution in [2.24, 2.45) is 0 Å². The topological polar surface area (TPSA) is 108 Å². The Bertz CT molecular complexity index is 984. The highest BCUT2D eigenvalue weighted by Gasteiger charge is 2.19. The number of amides is 1. The highest BCUT2D eigenvalue weighted by molar-refractivity contribution is 7.86. The predicted octanol–water partition coefficient (Wildman–Crippen LogP) is 3.07. The lowest BCUT2D eigenvalue weighted by atomic mass is 10.2. The molecule has 0 aliphatic carbocycles. The van der Waals surface area contributed by atoms with E-state index in [0.29, 0.717) is 0 Å². The molecule has 2 aromatic carbocycles. The van der Waals surface area contributed by atoms with Crippen LogP contribution in [-0.2, 0) is 35.2 Å². The van der Waals surface area contributed by atoms with Gasteiger partial charge in [-0.25, -0.2) is 9.59 Å². The number of ether oxygens (including phenoxy) is 2. The summed E-state index contributed by atoms with van der Waals surface area (Å²) < 4.78 is 39.9. The lowest BCUT2D eigenvalue weighted by Gasteiger charge is -2.12. The number of hydrogen-bond donors (Lipinski definition) is 1. The Balaban J connectivity index is 2.04. The van der Waals surface area contributed by atoms with Crippen molar-refractivity contribution < 1.29 is 31.7 Å². The van der Waals surface area contributed by atoms with Gasteiger partial charge in [-0.1, -0.05) is 48.0 Å². The molecule has 0 bridgehead atoms. The zero-order valence-electron chi connectivity index (χ0n) is 16.7. The molecule has 1 amide bonds. The Morgan fingerprint density at radius 2 is 1.67 bits per heavy atom. The molecule has 0 saturated heterocycles. The van der Waals surface area contributed by atoms with E-state index in [1.807, 2.05) is 13.0 Å². The Kier molecular flexibility index (Phi) is 8.42. The monoisotopic (exact) mass is 433 g/mol. The third-order valence-electron chi connectivity index (χ3n) is 3.71. The SMILES string of the molecule is CCOC(=O)/C=C(/CNC(=O)OCc1ccccc1)OS(=O)(=O)c1ccc(C)cc1. The average Bonchev–Trinajstić information content (AvgIpc) is 2.71. The Morgan fingerprint density at radius 1 is 1.00 bits per heavy atom. The van der Waals surface area contributed by atoms with Crippen molar-refractivity contribution in [2.45, 2.75) is 25.3 Å². The Hall–Kier alpha value is -3.33. The molecule has 0 atom stereocenters. The quantitative estimate of drug-likeness (QED) is 0.280. The van der Waals surface area contributed by atoms with Gasteiger partial charge in [0.15, 0.2) is 0 Å². The fraction of sp³-hybridized carbons (Fsp3) is 0.238. The maximum Gasteiger partial charge on any atom is 0.407 e. The number of carbonyl (C=O) groups excluding carboxylic acids is 2. The molecule has 2 rings (SSSR count). The van der Waals surface area contributed by atoms with E-state index < -0.39 is 28.7 Å². The third kappa shape index (κ3) is 7.59. The van der Waals surface area contributed by atoms with E-state index in [1.165, 1.54) is 12.1 Å². The van der Waals surface area contributed by atoms with Gasteiger partial charge in [-0.3, -0.25) is 0 Å². The number of nitrogens with one attached hydrogen (secondary N) is 1. The van der Waals surface area contributed by atoms with E-state index in [0.717, 1.165) is 17.2 Å². The summed E-state index contributed by atoms with van der Waals surface area (Å²) in [6, 6.07) is 15.0. The van der Waals surface area contributed by atoms with Crippen molar-refractivity contribution in [3.63, 3.8) is 0 Å². The summed E-state index contributed by atoms with van der Waals surface area (Å²) >= 11 is 0. The second kappa shape index (κ2) is 11.0. The fourth-order valence-corrected chi connectivity index (χ4v) is 3.20. The van der Waals surface area contributed by atoms with Crippen LogP contribution in [0.1, 0.15) is 18.1 Å². The first-order valence-electron chi connectivity index (χ1n) is 9.13. The molecule has 30 heavy (non-hydrogen) atoms. The van der Waals surface area contributed by atoms with Gasteiger partial charge < -0.3 is 19.0 Å². The molecule has 0 unspecified atom stereocenters. The van der Waals surface area contributed by atoms with Crippen molar-refractivity contribution in [2.75, 3.05) is 13.2 Å². The van der Waals surface area contributed by atoms with Crippen molar-refractivity contribution in [3.8, 4) is 0 Å². The predicted molar refractivity (Wildman–Crippen MR) is 109 cm³/mol. The molecule has 0 spiro atoms. The second-order valence-corrected chi connectivity index (χ2v) is 7.67. The maximum atomic E-state index is 12.5. The lowest BCUT2D eigenvalue weighted by molar-refractivity contribution is -0.137. The number of hydrogen-bond acceptors (Lipinski definition) is 7. The fourth-order valence-electron chi connectivity index (χ4n) is 2.25. The van der Waals surface area contributed by atoms with Gasteiger partial charge in [-0.15, -0.1) is 0 Å². The number of carbonyl (C=O) groups is 2. The second-order valence-electron chi connectivity index (χ2n) is 6.13. The highest BCUT2D eigenvalue weighted by Crippen LogP contribution is 2.16. The molecule has 9 heteroatoms. The van der Waals surface area contributed by atoms with Gasteiger partial charge in [0.05, 0.1) is 19.2 Å². The van der Waals surface area contributed by atoms with Crippen LogP contribution in [0.4, 0.5) is 4.79 Å². The van der Waals surface area contributed by atoms with Crippen molar-refractivity contribution in [3.05, 3.63) is 77.6 Å². The van der Waals surface area contributed by atoms with Crippen LogP contribution >= 0.6 is 0 Å². The van der Waals surface area contributed by atoms with Crippen LogP contribution in [0.5, 0.6) is 0 Å². The third-order valence-corrected chi connectivity index (χ3v) is 4.99. The normalized spacial score (nSPS) is 11.5. The number of benzene rings is 2. The minimum Gasteiger partial charge on any atom is -0.463 e. The van der Waals surface area contributed by atoms with Gasteiger partial charge in [-0.05, 0) is 31.5 Å². The molecule has 0 aliphatic rings. The number of alkyl carbamates (subject to hydrolysis) is 1. The first-order chi connectivity index (χ1) is 14.3. The molecule has 0 heterocycles. The van der Waals surface area contributed by atoms with Crippen LogP contribution in [0.2, 0.25) is 0 Å². The van der Waals surface area contributed by atoms with Crippen LogP contribution in [0.15, 0.2) is 71.3 Å². The van der Waals surface area contributed by atoms with Crippen LogP contribution in [0.25, 0.3) is 0 Å². The van der Waals surface area contributed by atoms with E-state index in [4.69, 9.17) is 13.7 Å². The van der Waals surface area contributed by atoms with E-state index in [2.05, 4.69) is 5.32 Å². The van der Waals surface area contributed by atoms with Crippen molar-refractivity contribution in [1.82, 2.24) is 5.32 Å². The molecule has 160 valence electrons. The van der Waals surface area contributed by atoms with Crippen LogP contribution in [0, 0.1) is 6.92 Å². The summed E-state index contributed by atoms with van der Waals surface area (Å²) in [5, 5.41) is 2.36. The minimum atomic E-state index is -4.21. The highest BCUT2D eigenvalue weighted by atomic mass is 32.2. The molecule has 0 saturated carbocycles. The summed E-state index contributed by atoms with van der Waals surface area (Å²) in [5.41, 5.74) is 1.66. The summed E-state index contributed by atoms with van der Waals surface area (Å²) in [6.07, 6.45) is 0.0668. The summed E-state index contributed by atoms with van der Waals surface area (Å²) in [4.78, 5) is 23.6. The Morgan fingerprint density at radius 3 is 2.30 bits per heavy atom. The number of esters is 1. The molecule has 0 aromatic heterocycles. The van der Waals surface area contributed by atoms with Crippen LogP contribution < -0.4 is 5.32 Å². The Labute approximate surface area is 175 Å². The zero-order chi connectivity index (χ0) is 22.0. The molecule has 1 N–H and O–H groups in total. The van der Waals surface area contributed by atoms with E-state index in [1.54, 1.807) is 43.3 Å². The van der Waals surface area contributed by atoms with Gasteiger partial charge >= 0.3 is 22.2 Å². The van der Waals surface area contributed by atoms with Crippen LogP contribution in [-0.4, -0.2) is 33.6 Å². The molecular formula is C21H23NO7S. The summed E-state index contributed by atoms with van der Waals surface area (Å²) in [7, 11) is -4.21. The molecule has 0 aliphatic heterocycles. The largest absolute Gasteiger partial charge is 0.463 e. The number of aryl methyl sites for hydroxylation is 1. The van der Waals surface area contributed by atoms with E-state index >= 15 is 0 Å². The molecule has 8 nitrogen and oxygen atoms in total. The molecule has 2 aromatic rings. The van der Waals surface area contributed by atoms with Gasteiger partial charge in [-0.2, -0.15) is 8.42 Å². The summed E-state index contributed by atoms with van der Waals surface area (Å²) in [5.74, 6) is -1.11. The van der Waals surface area contributed by atoms with Gasteiger partial charge in [0, 0.05) is 0 Å². The maximum absolute atomic E-state index is 12.5. The van der Waals surface area contributed by atoms with E-state index in [9.17, 15) is 18.0 Å². The first-order valence-corrected chi connectivity index (χ1v) is 10.5. The lowest BCUT2D eigenvalue weighted by Crippen LogP contribution is -2.28. The minimum absolute atomic E-state index is 0.0338. The van der Waals surface area contributed by atoms with E-state index in [-0.39, 0.29) is 23.9 Å². The van der Waals surface area contributed by atoms with Crippen LogP contribution in [0.3, 0.4) is 0 Å². The molecular weight excluding hydrogens is 410 g/mol. The molecule has 0 radical (unpaired) electrons. The zero-order valence-corrected chi connectivity index (χ0v) is 17.5. The van der Waals surface area contributed by atoms with Crippen molar-refractivity contribution >= 4 is 22.2 Å². The smallest absolute Gasteiger partial charge is 0.407 e. The molecule has 0 fully saturated rings. The van der Waals surface area contributed by atoms with Gasteiger partial charge in [0.1, 0.15) is 17.3 Å². The van der Waals surface area contributed by atoms with Crippen molar-refractivity contribution in [1.29, 1.82) is 0 Å². The van der Waals surface area contributed by atoms with Gasteiger partial charge in [0.25, 0.3) is 0 Å². The summed E-state index contributed by atoms with van der Waals surface area (Å²) in [6.45, 7) is 3.16. The first kappa shape index (κ1) is 23.0.